The van der Waals surface area contributed by atoms with Crippen molar-refractivity contribution < 1.29 is 71.5 Å². The van der Waals surface area contributed by atoms with Gasteiger partial charge >= 0.3 is 5.97 Å². The molecule has 0 bridgehead atoms. The molecule has 7 rings (SSSR count). The summed E-state index contributed by atoms with van der Waals surface area (Å²) in [6, 6.07) is 2.57. The Bertz CT molecular complexity index is 2070. The molecule has 5 aliphatic carbocycles. The molecule has 62 heavy (non-hydrogen) atoms. The zero-order chi connectivity index (χ0) is 44.9. The van der Waals surface area contributed by atoms with Crippen molar-refractivity contribution in [2.75, 3.05) is 18.5 Å². The van der Waals surface area contributed by atoms with Crippen LogP contribution in [-0.2, 0) is 38.2 Å². The van der Waals surface area contributed by atoms with E-state index in [2.05, 4.69) is 31.9 Å². The average Bonchev–Trinajstić information content (AvgIpc) is 3.73. The molecule has 0 unspecified atom stereocenters. The van der Waals surface area contributed by atoms with Crippen molar-refractivity contribution in [1.82, 2.24) is 16.0 Å². The Morgan fingerprint density at radius 3 is 2.45 bits per heavy atom. The van der Waals surface area contributed by atoms with Gasteiger partial charge in [-0.1, -0.05) is 28.9 Å². The predicted molar refractivity (Wildman–Crippen MR) is 214 cm³/mol. The van der Waals surface area contributed by atoms with E-state index in [9.17, 15) is 39.0 Å². The minimum atomic E-state index is -2.42. The second-order valence-electron chi connectivity index (χ2n) is 17.7. The first-order valence-corrected chi connectivity index (χ1v) is 22.0. The highest BCUT2D eigenvalue weighted by Crippen LogP contribution is 2.72. The van der Waals surface area contributed by atoms with Crippen molar-refractivity contribution >= 4 is 51.2 Å². The first kappa shape index (κ1) is 45.8. The molecule has 338 valence electrons. The van der Waals surface area contributed by atoms with E-state index >= 15 is 13.2 Å². The van der Waals surface area contributed by atoms with Crippen LogP contribution in [0.1, 0.15) is 83.5 Å². The highest BCUT2D eigenvalue weighted by Gasteiger charge is 2.80. The average molecular weight is 939 g/mol. The van der Waals surface area contributed by atoms with Crippen LogP contribution >= 0.6 is 15.9 Å². The van der Waals surface area contributed by atoms with Gasteiger partial charge in [-0.2, -0.15) is 0 Å². The van der Waals surface area contributed by atoms with Gasteiger partial charge in [-0.15, -0.1) is 0 Å². The van der Waals surface area contributed by atoms with E-state index in [4.69, 9.17) is 19.3 Å². The monoisotopic (exact) mass is 937 g/mol. The van der Waals surface area contributed by atoms with Crippen molar-refractivity contribution in [3.8, 4) is 5.75 Å². The number of aliphatic hydroxyl groups excluding tert-OH is 2. The molecule has 0 aromatic heterocycles. The van der Waals surface area contributed by atoms with Crippen molar-refractivity contribution in [2.24, 2.45) is 22.7 Å². The second kappa shape index (κ2) is 17.4. The number of ketones is 2. The van der Waals surface area contributed by atoms with E-state index in [1.807, 2.05) is 0 Å². The van der Waals surface area contributed by atoms with Gasteiger partial charge in [0.25, 0.3) is 0 Å². The fourth-order valence-electron chi connectivity index (χ4n) is 11.3. The van der Waals surface area contributed by atoms with Crippen LogP contribution in [0.5, 0.6) is 5.75 Å². The number of Topliss-reactive ketones (excluding diaryl/α,β-unsaturated/α-hetero) is 1. The predicted octanol–water partition coefficient (Wildman–Crippen LogP) is 3.14. The number of nitrogens with one attached hydrogen (secondary N) is 3. The van der Waals surface area contributed by atoms with Crippen LogP contribution in [0.2, 0.25) is 0 Å². The molecule has 1 aromatic carbocycles. The van der Waals surface area contributed by atoms with Crippen LogP contribution in [0.4, 0.5) is 13.2 Å². The normalized spacial score (nSPS) is 37.4. The number of aliphatic carboxylic acids is 1. The first-order valence-electron chi connectivity index (χ1n) is 20.8. The number of rotatable bonds is 14. The topological polar surface area (TPSA) is 227 Å². The van der Waals surface area contributed by atoms with Crippen molar-refractivity contribution in [3.63, 3.8) is 0 Å². The summed E-state index contributed by atoms with van der Waals surface area (Å²) >= 11 is 2.97. The Labute approximate surface area is 363 Å². The van der Waals surface area contributed by atoms with Gasteiger partial charge in [0.15, 0.2) is 29.1 Å². The fourth-order valence-corrected chi connectivity index (χ4v) is 11.5. The second-order valence-corrected chi connectivity index (χ2v) is 18.3. The maximum Gasteiger partial charge on any atom is 0.303 e. The van der Waals surface area contributed by atoms with Crippen molar-refractivity contribution in [1.29, 1.82) is 0 Å². The molecule has 1 saturated heterocycles. The number of amides is 3. The van der Waals surface area contributed by atoms with Gasteiger partial charge < -0.3 is 45.5 Å². The molecule has 11 atom stereocenters. The molecule has 6 aliphatic rings. The highest BCUT2D eigenvalue weighted by atomic mass is 79.9. The number of fused-ring (bicyclic) bond motifs is 7. The number of benzene rings is 1. The van der Waals surface area contributed by atoms with Crippen LogP contribution in [0.15, 0.2) is 42.0 Å². The number of ether oxygens (including phenoxy) is 3. The van der Waals surface area contributed by atoms with E-state index in [1.54, 1.807) is 6.92 Å². The summed E-state index contributed by atoms with van der Waals surface area (Å²) in [5.74, 6) is -6.59. The van der Waals surface area contributed by atoms with Crippen LogP contribution in [0, 0.1) is 28.5 Å². The lowest BCUT2D eigenvalue weighted by atomic mass is 9.44. The molecule has 19 heteroatoms. The highest BCUT2D eigenvalue weighted by molar-refractivity contribution is 9.09. The van der Waals surface area contributed by atoms with Gasteiger partial charge in [-0.3, -0.25) is 28.8 Å². The van der Waals surface area contributed by atoms with Crippen LogP contribution in [0.3, 0.4) is 0 Å². The largest absolute Gasteiger partial charge is 0.490 e. The molecule has 5 fully saturated rings. The van der Waals surface area contributed by atoms with Gasteiger partial charge in [0, 0.05) is 40.8 Å². The minimum absolute atomic E-state index is 0.00682. The van der Waals surface area contributed by atoms with Gasteiger partial charge in [-0.25, -0.2) is 13.2 Å². The molecular weight excluding hydrogens is 887 g/mol. The van der Waals surface area contributed by atoms with E-state index < -0.39 is 119 Å². The Hall–Kier alpha value is -4.17. The molecule has 3 amide bonds. The molecule has 6 N–H and O–H groups in total. The summed E-state index contributed by atoms with van der Waals surface area (Å²) in [5.41, 5.74) is -7.50. The summed E-state index contributed by atoms with van der Waals surface area (Å²) in [7, 11) is 0. The number of carbonyl (C=O) groups excluding carboxylic acids is 5. The third kappa shape index (κ3) is 7.79. The number of carboxylic acids is 1. The van der Waals surface area contributed by atoms with Crippen molar-refractivity contribution in [3.05, 3.63) is 53.4 Å². The molecule has 1 aromatic rings. The van der Waals surface area contributed by atoms with Crippen molar-refractivity contribution in [2.45, 2.75) is 126 Å². The van der Waals surface area contributed by atoms with E-state index in [0.29, 0.717) is 25.7 Å². The fraction of sp³-hybridized carbons (Fsp3) is 0.628. The maximum atomic E-state index is 17.7. The minimum Gasteiger partial charge on any atom is -0.490 e. The Kier molecular flexibility index (Phi) is 12.9. The zero-order valence-electron chi connectivity index (χ0n) is 34.2. The lowest BCUT2D eigenvalue weighted by molar-refractivity contribution is -0.235. The lowest BCUT2D eigenvalue weighted by Gasteiger charge is -2.63. The number of halogens is 4. The van der Waals surface area contributed by atoms with Crippen LogP contribution in [0.25, 0.3) is 0 Å². The van der Waals surface area contributed by atoms with Gasteiger partial charge in [0.1, 0.15) is 30.4 Å². The number of carboxylic acid groups (broad SMARTS) is 1. The van der Waals surface area contributed by atoms with Crippen LogP contribution in [-0.4, -0.2) is 117 Å². The molecule has 4 saturated carbocycles. The number of aliphatic hydroxyl groups is 2. The molecule has 15 nitrogen and oxygen atoms in total. The summed E-state index contributed by atoms with van der Waals surface area (Å²) < 4.78 is 68.4. The first-order chi connectivity index (χ1) is 29.3. The number of alkyl halides is 3. The maximum absolute atomic E-state index is 17.7. The Morgan fingerprint density at radius 1 is 1.06 bits per heavy atom. The van der Waals surface area contributed by atoms with Gasteiger partial charge in [0.2, 0.25) is 17.7 Å². The quantitative estimate of drug-likeness (QED) is 0.148. The Balaban J connectivity index is 0.995. The van der Waals surface area contributed by atoms with Gasteiger partial charge in [-0.05, 0) is 94.1 Å². The lowest BCUT2D eigenvalue weighted by Crippen LogP contribution is -2.70. The smallest absolute Gasteiger partial charge is 0.303 e. The number of hydrogen-bond donors (Lipinski definition) is 6. The van der Waals surface area contributed by atoms with Crippen LogP contribution < -0.4 is 20.7 Å². The summed E-state index contributed by atoms with van der Waals surface area (Å²) in [6.07, 6.45) is -2.17. The summed E-state index contributed by atoms with van der Waals surface area (Å²) in [6.45, 7) is 1.73. The summed E-state index contributed by atoms with van der Waals surface area (Å²) in [4.78, 5) is 74.2. The third-order valence-corrected chi connectivity index (χ3v) is 14.9. The number of allylic oxidation sites excluding steroid dienone is 4. The summed E-state index contributed by atoms with van der Waals surface area (Å²) in [5, 5.41) is 38.8. The van der Waals surface area contributed by atoms with E-state index in [-0.39, 0.29) is 66.5 Å². The van der Waals surface area contributed by atoms with E-state index in [1.165, 1.54) is 31.2 Å². The van der Waals surface area contributed by atoms with Gasteiger partial charge in [0.05, 0.1) is 30.2 Å². The number of carbonyl (C=O) groups is 6. The molecule has 1 heterocycles. The molecular formula is C43H51BrF3N3O12. The number of hydrogen-bond acceptors (Lipinski definition) is 11. The SMILES string of the molecule is C[C@]12C=CC(=O)C=C1[C@@H](F)C[C@H]1[C@@H]3C[C@H]4O[C@@H](c5ccc(OC6CCC(NC(=O)[C@H](CCC(=O)O)NC(=O)CNC(=O)CBr)CC6)cc5F)O[C@@]4(C(=O)CO)[C@@]3(C)C[C@H](O)[C@@]12F. The molecule has 0 spiro atoms. The standard InChI is InChI=1S/C43H51BrF3N3O12/c1-40-12-11-22(52)13-28(40)30(46)15-27-26-16-34-43(33(54)20-51,41(26,2)17-32(53)42(27,40)47)62-39(61-34)25-8-7-24(14-29(25)45)60-23-5-3-21(4-6-23)49-38(59)31(9-10-37(57)58)50-36(56)19-48-35(55)18-44/h7-8,11-14,21,23,26-27,30-32,34,39,51,53H,3-6,9-10,15-20H2,1-2H3,(H,48,55)(H,49,59)(H,50,56)(H,57,58)/t21?,23?,26-,27-,30-,31-,32-,34+,39+,40-,41-,42-,43+/m0/s1. The third-order valence-electron chi connectivity index (χ3n) is 14.3. The zero-order valence-corrected chi connectivity index (χ0v) is 35.8. The molecule has 0 radical (unpaired) electrons. The molecule has 1 aliphatic heterocycles. The Morgan fingerprint density at radius 2 is 1.79 bits per heavy atom. The van der Waals surface area contributed by atoms with E-state index in [0.717, 1.165) is 12.1 Å².